The summed E-state index contributed by atoms with van der Waals surface area (Å²) in [6, 6.07) is 11.6. The fourth-order valence-electron chi connectivity index (χ4n) is 7.64. The molecule has 2 saturated heterocycles. The Hall–Kier alpha value is -2.17. The molecule has 0 radical (unpaired) electrons. The summed E-state index contributed by atoms with van der Waals surface area (Å²) in [5.74, 6) is 0.170. The van der Waals surface area contributed by atoms with Crippen molar-refractivity contribution in [3.8, 4) is 0 Å². The van der Waals surface area contributed by atoms with Gasteiger partial charge in [-0.2, -0.15) is 0 Å². The molecule has 1 N–H and O–H groups in total. The minimum absolute atomic E-state index is 0.0450. The Balaban J connectivity index is 1.38. The normalized spacial score (nSPS) is 29.8. The van der Waals surface area contributed by atoms with Crippen molar-refractivity contribution in [2.75, 3.05) is 13.1 Å². The third-order valence-electron chi connectivity index (χ3n) is 9.74. The number of carbonyl (C=O) groups is 1. The van der Waals surface area contributed by atoms with E-state index in [1.807, 2.05) is 0 Å². The largest absolute Gasteiger partial charge is 0.353 e. The van der Waals surface area contributed by atoms with E-state index in [9.17, 15) is 4.79 Å². The summed E-state index contributed by atoms with van der Waals surface area (Å²) in [7, 11) is 0. The number of likely N-dealkylation sites (tertiary alicyclic amines) is 2. The van der Waals surface area contributed by atoms with Crippen LogP contribution in [0.25, 0.3) is 0 Å². The van der Waals surface area contributed by atoms with Crippen molar-refractivity contribution >= 4 is 5.91 Å². The summed E-state index contributed by atoms with van der Waals surface area (Å²) in [6.45, 7) is 10.8. The van der Waals surface area contributed by atoms with Crippen LogP contribution < -0.4 is 5.32 Å². The Morgan fingerprint density at radius 2 is 1.95 bits per heavy atom. The Kier molecular flexibility index (Phi) is 9.22. The fraction of sp³-hybridized carbons (Fsp3) is 0.618. The minimum Gasteiger partial charge on any atom is -0.353 e. The highest BCUT2D eigenvalue weighted by Crippen LogP contribution is 2.42. The van der Waals surface area contributed by atoms with Crippen LogP contribution in [0.1, 0.15) is 95.2 Å². The number of hydrogen-bond donors (Lipinski definition) is 1. The molecule has 38 heavy (non-hydrogen) atoms. The second-order valence-corrected chi connectivity index (χ2v) is 12.2. The first-order valence-electron chi connectivity index (χ1n) is 15.5. The van der Waals surface area contributed by atoms with Gasteiger partial charge in [-0.15, -0.1) is 6.58 Å². The van der Waals surface area contributed by atoms with Crippen LogP contribution in [-0.2, 0) is 11.2 Å². The van der Waals surface area contributed by atoms with Gasteiger partial charge in [0.05, 0.1) is 12.0 Å². The molecule has 4 nitrogen and oxygen atoms in total. The highest BCUT2D eigenvalue weighted by atomic mass is 16.1. The minimum atomic E-state index is -0.0450. The lowest BCUT2D eigenvalue weighted by Crippen LogP contribution is -2.49. The van der Waals surface area contributed by atoms with Gasteiger partial charge in [0.25, 0.3) is 0 Å². The molecule has 2 heterocycles. The predicted molar refractivity (Wildman–Crippen MR) is 158 cm³/mol. The van der Waals surface area contributed by atoms with E-state index in [2.05, 4.69) is 84.1 Å². The summed E-state index contributed by atoms with van der Waals surface area (Å²) in [6.07, 6.45) is 21.9. The van der Waals surface area contributed by atoms with Crippen molar-refractivity contribution in [3.63, 3.8) is 0 Å². The third kappa shape index (κ3) is 6.02. The lowest BCUT2D eigenvalue weighted by molar-refractivity contribution is -0.124. The van der Waals surface area contributed by atoms with Gasteiger partial charge in [-0.05, 0) is 81.5 Å². The summed E-state index contributed by atoms with van der Waals surface area (Å²) in [5, 5.41) is 3.36. The average Bonchev–Trinajstić information content (AvgIpc) is 3.56. The van der Waals surface area contributed by atoms with Gasteiger partial charge in [-0.3, -0.25) is 14.6 Å². The molecule has 4 heteroatoms. The molecule has 0 bridgehead atoms. The Labute approximate surface area is 231 Å². The first kappa shape index (κ1) is 27.4. The molecule has 1 aromatic rings. The van der Waals surface area contributed by atoms with Gasteiger partial charge >= 0.3 is 0 Å². The van der Waals surface area contributed by atoms with E-state index in [1.54, 1.807) is 0 Å². The number of aryl methyl sites for hydroxylation is 1. The molecule has 4 aliphatic rings. The molecular weight excluding hydrogens is 466 g/mol. The van der Waals surface area contributed by atoms with Gasteiger partial charge in [-0.1, -0.05) is 74.8 Å². The molecule has 206 valence electrons. The number of nitrogens with one attached hydrogen (secondary N) is 1. The average molecular weight is 516 g/mol. The van der Waals surface area contributed by atoms with Crippen molar-refractivity contribution in [3.05, 3.63) is 71.8 Å². The highest BCUT2D eigenvalue weighted by Gasteiger charge is 2.43. The molecule has 5 unspecified atom stereocenters. The van der Waals surface area contributed by atoms with E-state index in [0.717, 1.165) is 38.8 Å². The van der Waals surface area contributed by atoms with E-state index in [0.29, 0.717) is 24.2 Å². The second-order valence-electron chi connectivity index (χ2n) is 12.2. The van der Waals surface area contributed by atoms with Crippen LogP contribution >= 0.6 is 0 Å². The van der Waals surface area contributed by atoms with Crippen molar-refractivity contribution in [2.45, 2.75) is 115 Å². The Morgan fingerprint density at radius 1 is 1.11 bits per heavy atom. The maximum absolute atomic E-state index is 13.1. The quantitative estimate of drug-likeness (QED) is 0.370. The van der Waals surface area contributed by atoms with Gasteiger partial charge in [0.15, 0.2) is 0 Å². The molecule has 2 aliphatic carbocycles. The zero-order valence-electron chi connectivity index (χ0n) is 23.8. The lowest BCUT2D eigenvalue weighted by atomic mass is 9.87. The SMILES string of the molecule is C=CCN1C(C)CCC1C1CCCN1C(C1=CCC(C(=O)NC2CCCCC2)C=C1)c1cccc(CC)c1. The lowest BCUT2D eigenvalue weighted by Gasteiger charge is -2.41. The first-order chi connectivity index (χ1) is 18.6. The van der Waals surface area contributed by atoms with Crippen molar-refractivity contribution in [2.24, 2.45) is 5.92 Å². The molecule has 0 aromatic heterocycles. The molecule has 1 saturated carbocycles. The topological polar surface area (TPSA) is 35.6 Å². The molecule has 5 rings (SSSR count). The van der Waals surface area contributed by atoms with E-state index >= 15 is 0 Å². The number of rotatable bonds is 9. The number of nitrogens with zero attached hydrogens (tertiary/aromatic N) is 2. The summed E-state index contributed by atoms with van der Waals surface area (Å²) in [4.78, 5) is 18.6. The van der Waals surface area contributed by atoms with E-state index < -0.39 is 0 Å². The van der Waals surface area contributed by atoms with Gasteiger partial charge in [0.2, 0.25) is 5.91 Å². The summed E-state index contributed by atoms with van der Waals surface area (Å²) in [5.41, 5.74) is 4.17. The van der Waals surface area contributed by atoms with Crippen LogP contribution in [0.15, 0.2) is 60.7 Å². The molecular formula is C34H49N3O. The smallest absolute Gasteiger partial charge is 0.227 e. The maximum Gasteiger partial charge on any atom is 0.227 e. The molecule has 2 aliphatic heterocycles. The monoisotopic (exact) mass is 515 g/mol. The zero-order chi connectivity index (χ0) is 26.5. The van der Waals surface area contributed by atoms with Crippen LogP contribution in [0, 0.1) is 5.92 Å². The molecule has 1 aromatic carbocycles. The Morgan fingerprint density at radius 3 is 2.68 bits per heavy atom. The molecule has 3 fully saturated rings. The molecule has 0 spiro atoms. The second kappa shape index (κ2) is 12.8. The number of benzene rings is 1. The van der Waals surface area contributed by atoms with Crippen LogP contribution in [-0.4, -0.2) is 53.0 Å². The van der Waals surface area contributed by atoms with Crippen molar-refractivity contribution in [1.29, 1.82) is 0 Å². The zero-order valence-corrected chi connectivity index (χ0v) is 23.8. The van der Waals surface area contributed by atoms with Crippen molar-refractivity contribution in [1.82, 2.24) is 15.1 Å². The van der Waals surface area contributed by atoms with E-state index in [1.165, 1.54) is 61.6 Å². The number of hydrogen-bond acceptors (Lipinski definition) is 3. The number of carbonyl (C=O) groups excluding carboxylic acids is 1. The standard InChI is InChI=1S/C34H49N3O/c1-4-22-36-25(3)16-21-32(36)31-15-10-23-37(31)33(29-12-9-11-26(5-2)24-29)27-17-19-28(20-18-27)34(38)35-30-13-7-6-8-14-30/h4,9,11-12,17-19,24-25,28,30-33H,1,5-8,10,13-16,20-23H2,2-3H3,(H,35,38). The van der Waals surface area contributed by atoms with Crippen molar-refractivity contribution < 1.29 is 4.79 Å². The predicted octanol–water partition coefficient (Wildman–Crippen LogP) is 6.74. The third-order valence-corrected chi connectivity index (χ3v) is 9.74. The van der Waals surface area contributed by atoms with E-state index in [-0.39, 0.29) is 17.9 Å². The first-order valence-corrected chi connectivity index (χ1v) is 15.5. The van der Waals surface area contributed by atoms with Gasteiger partial charge in [-0.25, -0.2) is 0 Å². The summed E-state index contributed by atoms with van der Waals surface area (Å²) < 4.78 is 0. The number of allylic oxidation sites excluding steroid dienone is 1. The van der Waals surface area contributed by atoms with Gasteiger partial charge in [0, 0.05) is 30.7 Å². The highest BCUT2D eigenvalue weighted by molar-refractivity contribution is 5.81. The Bertz CT molecular complexity index is 1020. The van der Waals surface area contributed by atoms with Gasteiger partial charge < -0.3 is 5.32 Å². The molecule has 1 amide bonds. The van der Waals surface area contributed by atoms with Gasteiger partial charge in [0.1, 0.15) is 0 Å². The van der Waals surface area contributed by atoms with Crippen LogP contribution in [0.3, 0.4) is 0 Å². The fourth-order valence-corrected chi connectivity index (χ4v) is 7.64. The maximum atomic E-state index is 13.1. The van der Waals surface area contributed by atoms with E-state index in [4.69, 9.17) is 0 Å². The summed E-state index contributed by atoms with van der Waals surface area (Å²) >= 11 is 0. The van der Waals surface area contributed by atoms with Crippen LogP contribution in [0.2, 0.25) is 0 Å². The van der Waals surface area contributed by atoms with Crippen LogP contribution in [0.4, 0.5) is 0 Å². The number of amides is 1. The molecule has 5 atom stereocenters. The van der Waals surface area contributed by atoms with Crippen LogP contribution in [0.5, 0.6) is 0 Å².